The van der Waals surface area contributed by atoms with Crippen molar-refractivity contribution in [2.75, 3.05) is 6.61 Å². The SMILES string of the molecule is CCCCCC[C@H](C)CCCCCO. The summed E-state index contributed by atoms with van der Waals surface area (Å²) in [7, 11) is 0. The molecule has 1 nitrogen and oxygen atoms in total. The highest BCUT2D eigenvalue weighted by atomic mass is 16.2. The van der Waals surface area contributed by atoms with Gasteiger partial charge in [-0.2, -0.15) is 0 Å². The molecule has 0 fully saturated rings. The van der Waals surface area contributed by atoms with Gasteiger partial charge in [-0.15, -0.1) is 0 Å². The fourth-order valence-electron chi connectivity index (χ4n) is 1.85. The number of unbranched alkanes of at least 4 members (excludes halogenated alkanes) is 5. The summed E-state index contributed by atoms with van der Waals surface area (Å²) in [5.74, 6) is 0.894. The highest BCUT2D eigenvalue weighted by molar-refractivity contribution is 4.54. The van der Waals surface area contributed by atoms with E-state index < -0.39 is 0 Å². The van der Waals surface area contributed by atoms with Crippen LogP contribution in [0, 0.1) is 5.92 Å². The summed E-state index contributed by atoms with van der Waals surface area (Å²) in [6.45, 7) is 4.99. The van der Waals surface area contributed by atoms with Crippen LogP contribution in [0.4, 0.5) is 0 Å². The van der Waals surface area contributed by atoms with Crippen molar-refractivity contribution in [3.8, 4) is 0 Å². The molecule has 0 aromatic carbocycles. The smallest absolute Gasteiger partial charge is 0.0431 e. The predicted molar refractivity (Wildman–Crippen MR) is 63.5 cm³/mol. The van der Waals surface area contributed by atoms with E-state index in [9.17, 15) is 0 Å². The second kappa shape index (κ2) is 11.0. The summed E-state index contributed by atoms with van der Waals surface area (Å²) in [5.41, 5.74) is 0. The van der Waals surface area contributed by atoms with Crippen molar-refractivity contribution in [3.05, 3.63) is 0 Å². The molecule has 0 saturated carbocycles. The van der Waals surface area contributed by atoms with Crippen LogP contribution in [-0.4, -0.2) is 11.7 Å². The molecule has 0 rings (SSSR count). The van der Waals surface area contributed by atoms with Crippen LogP contribution in [0.25, 0.3) is 0 Å². The van der Waals surface area contributed by atoms with Gasteiger partial charge in [-0.1, -0.05) is 65.2 Å². The van der Waals surface area contributed by atoms with Crippen LogP contribution in [0.1, 0.15) is 71.6 Å². The van der Waals surface area contributed by atoms with E-state index >= 15 is 0 Å². The molecule has 14 heavy (non-hydrogen) atoms. The minimum Gasteiger partial charge on any atom is -0.396 e. The first-order chi connectivity index (χ1) is 6.81. The van der Waals surface area contributed by atoms with Gasteiger partial charge in [0, 0.05) is 6.61 Å². The van der Waals surface area contributed by atoms with Crippen molar-refractivity contribution in [1.29, 1.82) is 0 Å². The monoisotopic (exact) mass is 200 g/mol. The lowest BCUT2D eigenvalue weighted by Crippen LogP contribution is -1.95. The van der Waals surface area contributed by atoms with Crippen molar-refractivity contribution >= 4 is 0 Å². The summed E-state index contributed by atoms with van der Waals surface area (Å²) >= 11 is 0. The molecule has 0 aliphatic rings. The van der Waals surface area contributed by atoms with Crippen molar-refractivity contribution in [2.45, 2.75) is 71.6 Å². The van der Waals surface area contributed by atoms with Crippen molar-refractivity contribution in [3.63, 3.8) is 0 Å². The largest absolute Gasteiger partial charge is 0.396 e. The number of aliphatic hydroxyl groups excluding tert-OH is 1. The Morgan fingerprint density at radius 2 is 1.43 bits per heavy atom. The third-order valence-electron chi connectivity index (χ3n) is 2.91. The summed E-state index contributed by atoms with van der Waals surface area (Å²) < 4.78 is 0. The van der Waals surface area contributed by atoms with Crippen LogP contribution in [0.3, 0.4) is 0 Å². The van der Waals surface area contributed by atoms with E-state index in [1.54, 1.807) is 0 Å². The quantitative estimate of drug-likeness (QED) is 0.525. The van der Waals surface area contributed by atoms with Crippen LogP contribution in [0.15, 0.2) is 0 Å². The maximum Gasteiger partial charge on any atom is 0.0431 e. The predicted octanol–water partition coefficient (Wildman–Crippen LogP) is 4.15. The molecule has 1 heteroatoms. The van der Waals surface area contributed by atoms with Gasteiger partial charge < -0.3 is 5.11 Å². The molecule has 0 unspecified atom stereocenters. The van der Waals surface area contributed by atoms with Gasteiger partial charge in [-0.05, 0) is 12.3 Å². The molecule has 0 amide bonds. The van der Waals surface area contributed by atoms with E-state index in [4.69, 9.17) is 5.11 Å². The van der Waals surface area contributed by atoms with Crippen molar-refractivity contribution in [2.24, 2.45) is 5.92 Å². The molecule has 0 aliphatic carbocycles. The fourth-order valence-corrected chi connectivity index (χ4v) is 1.85. The Labute approximate surface area is 89.9 Å². The Kier molecular flexibility index (Phi) is 11.0. The van der Waals surface area contributed by atoms with Gasteiger partial charge in [-0.25, -0.2) is 0 Å². The highest BCUT2D eigenvalue weighted by Crippen LogP contribution is 2.16. The molecule has 0 spiro atoms. The van der Waals surface area contributed by atoms with Gasteiger partial charge in [0.05, 0.1) is 0 Å². The zero-order valence-corrected chi connectivity index (χ0v) is 10.1. The maximum atomic E-state index is 8.63. The fraction of sp³-hybridized carbons (Fsp3) is 1.00. The van der Waals surface area contributed by atoms with E-state index in [1.165, 1.54) is 51.4 Å². The minimum atomic E-state index is 0.366. The Hall–Kier alpha value is -0.0400. The Morgan fingerprint density at radius 3 is 1.93 bits per heavy atom. The molecular weight excluding hydrogens is 172 g/mol. The first kappa shape index (κ1) is 14.0. The van der Waals surface area contributed by atoms with Crippen LogP contribution >= 0.6 is 0 Å². The minimum absolute atomic E-state index is 0.366. The lowest BCUT2D eigenvalue weighted by molar-refractivity contribution is 0.280. The second-order valence-electron chi connectivity index (χ2n) is 4.53. The molecule has 86 valence electrons. The standard InChI is InChI=1S/C13H28O/c1-3-4-5-7-10-13(2)11-8-6-9-12-14/h13-14H,3-12H2,1-2H3/t13-/m0/s1. The van der Waals surface area contributed by atoms with Gasteiger partial charge in [0.25, 0.3) is 0 Å². The van der Waals surface area contributed by atoms with Gasteiger partial charge in [0.2, 0.25) is 0 Å². The second-order valence-corrected chi connectivity index (χ2v) is 4.53. The summed E-state index contributed by atoms with van der Waals surface area (Å²) in [6.07, 6.45) is 11.8. The zero-order chi connectivity index (χ0) is 10.6. The zero-order valence-electron chi connectivity index (χ0n) is 10.1. The van der Waals surface area contributed by atoms with Crippen LogP contribution in [0.2, 0.25) is 0 Å². The maximum absolute atomic E-state index is 8.63. The summed E-state index contributed by atoms with van der Waals surface area (Å²) in [6, 6.07) is 0. The molecule has 1 atom stereocenters. The van der Waals surface area contributed by atoms with Gasteiger partial charge in [-0.3, -0.25) is 0 Å². The normalized spacial score (nSPS) is 13.1. The van der Waals surface area contributed by atoms with Crippen LogP contribution in [-0.2, 0) is 0 Å². The van der Waals surface area contributed by atoms with Gasteiger partial charge in [0.1, 0.15) is 0 Å². The van der Waals surface area contributed by atoms with Crippen molar-refractivity contribution < 1.29 is 5.11 Å². The third-order valence-corrected chi connectivity index (χ3v) is 2.91. The molecule has 0 heterocycles. The van der Waals surface area contributed by atoms with Crippen LogP contribution < -0.4 is 0 Å². The topological polar surface area (TPSA) is 20.2 Å². The number of hydrogen-bond donors (Lipinski definition) is 1. The molecule has 0 saturated heterocycles. The first-order valence-electron chi connectivity index (χ1n) is 6.42. The molecule has 0 radical (unpaired) electrons. The van der Waals surface area contributed by atoms with E-state index in [0.717, 1.165) is 12.3 Å². The summed E-state index contributed by atoms with van der Waals surface area (Å²) in [5, 5.41) is 8.63. The van der Waals surface area contributed by atoms with E-state index in [1.807, 2.05) is 0 Å². The summed E-state index contributed by atoms with van der Waals surface area (Å²) in [4.78, 5) is 0. The van der Waals surface area contributed by atoms with E-state index in [-0.39, 0.29) is 0 Å². The molecular formula is C13H28O. The van der Waals surface area contributed by atoms with Crippen molar-refractivity contribution in [1.82, 2.24) is 0 Å². The number of aliphatic hydroxyl groups is 1. The molecule has 0 aliphatic heterocycles. The van der Waals surface area contributed by atoms with E-state index in [0.29, 0.717) is 6.61 Å². The Balaban J connectivity index is 3.07. The molecule has 0 aromatic heterocycles. The average molecular weight is 200 g/mol. The third kappa shape index (κ3) is 10.0. The Bertz CT molecular complexity index is 89.4. The molecule has 1 N–H and O–H groups in total. The first-order valence-corrected chi connectivity index (χ1v) is 6.42. The van der Waals surface area contributed by atoms with Crippen LogP contribution in [0.5, 0.6) is 0 Å². The molecule has 0 bridgehead atoms. The molecule has 0 aromatic rings. The van der Waals surface area contributed by atoms with Gasteiger partial charge in [0.15, 0.2) is 0 Å². The average Bonchev–Trinajstić information content (AvgIpc) is 2.19. The lowest BCUT2D eigenvalue weighted by atomic mass is 9.97. The Morgan fingerprint density at radius 1 is 0.857 bits per heavy atom. The van der Waals surface area contributed by atoms with Gasteiger partial charge >= 0.3 is 0 Å². The lowest BCUT2D eigenvalue weighted by Gasteiger charge is -2.10. The number of rotatable bonds is 10. The van der Waals surface area contributed by atoms with E-state index in [2.05, 4.69) is 13.8 Å². The highest BCUT2D eigenvalue weighted by Gasteiger charge is 2.01. The number of hydrogen-bond acceptors (Lipinski definition) is 1.